The number of carbonyl (C=O) groups is 1. The van der Waals surface area contributed by atoms with Crippen molar-refractivity contribution in [1.29, 1.82) is 0 Å². The van der Waals surface area contributed by atoms with Gasteiger partial charge in [0.1, 0.15) is 18.2 Å². The molecule has 2 heterocycles. The summed E-state index contributed by atoms with van der Waals surface area (Å²) in [6.45, 7) is 6.25. The van der Waals surface area contributed by atoms with Crippen LogP contribution in [-0.2, 0) is 11.3 Å². The van der Waals surface area contributed by atoms with Gasteiger partial charge in [-0.1, -0.05) is 37.1 Å². The summed E-state index contributed by atoms with van der Waals surface area (Å²) < 4.78 is 8.43. The molecule has 2 aromatic carbocycles. The Hall–Kier alpha value is -2.82. The van der Waals surface area contributed by atoms with E-state index < -0.39 is 0 Å². The van der Waals surface area contributed by atoms with E-state index in [4.69, 9.17) is 9.72 Å². The van der Waals surface area contributed by atoms with Crippen molar-refractivity contribution < 1.29 is 9.53 Å². The van der Waals surface area contributed by atoms with Gasteiger partial charge in [0, 0.05) is 24.9 Å². The number of amides is 1. The Balaban J connectivity index is 1.38. The second-order valence-corrected chi connectivity index (χ2v) is 9.11. The second kappa shape index (κ2) is 8.37. The number of aryl methyl sites for hydroxylation is 2. The molecule has 1 unspecified atom stereocenters. The SMILES string of the molecule is Cc1ccc(C)c(OCCn2c(C3CC(=O)N(C4CCCC4)C3)nc3ccccc32)c1. The average molecular weight is 418 g/mol. The molecule has 1 aliphatic heterocycles. The number of carbonyl (C=O) groups excluding carboxylic acids is 1. The Morgan fingerprint density at radius 1 is 1.10 bits per heavy atom. The molecule has 5 heteroatoms. The van der Waals surface area contributed by atoms with Crippen LogP contribution in [0.15, 0.2) is 42.5 Å². The predicted molar refractivity (Wildman–Crippen MR) is 122 cm³/mol. The van der Waals surface area contributed by atoms with Crippen LogP contribution in [0.2, 0.25) is 0 Å². The fourth-order valence-electron chi connectivity index (χ4n) is 5.22. The van der Waals surface area contributed by atoms with Crippen molar-refractivity contribution in [2.24, 2.45) is 0 Å². The van der Waals surface area contributed by atoms with Crippen molar-refractivity contribution in [2.75, 3.05) is 13.2 Å². The molecule has 0 bridgehead atoms. The van der Waals surface area contributed by atoms with Crippen LogP contribution in [0.3, 0.4) is 0 Å². The van der Waals surface area contributed by atoms with E-state index in [1.807, 2.05) is 6.07 Å². The molecule has 2 fully saturated rings. The molecule has 162 valence electrons. The largest absolute Gasteiger partial charge is 0.491 e. The lowest BCUT2D eigenvalue weighted by Crippen LogP contribution is -2.34. The number of hydrogen-bond acceptors (Lipinski definition) is 3. The zero-order chi connectivity index (χ0) is 21.4. The number of rotatable bonds is 6. The van der Waals surface area contributed by atoms with Gasteiger partial charge in [-0.15, -0.1) is 0 Å². The Kier molecular flexibility index (Phi) is 5.43. The number of likely N-dealkylation sites (tertiary alicyclic amines) is 1. The summed E-state index contributed by atoms with van der Waals surface area (Å²) >= 11 is 0. The molecule has 1 saturated carbocycles. The number of nitrogens with zero attached hydrogens (tertiary/aromatic N) is 3. The quantitative estimate of drug-likeness (QED) is 0.568. The maximum atomic E-state index is 12.8. The lowest BCUT2D eigenvalue weighted by molar-refractivity contribution is -0.129. The molecule has 1 amide bonds. The van der Waals surface area contributed by atoms with Crippen molar-refractivity contribution in [3.63, 3.8) is 0 Å². The number of hydrogen-bond donors (Lipinski definition) is 0. The zero-order valence-electron chi connectivity index (χ0n) is 18.5. The summed E-state index contributed by atoms with van der Waals surface area (Å²) in [5.74, 6) is 2.41. The Morgan fingerprint density at radius 2 is 1.90 bits per heavy atom. The third-order valence-corrected chi connectivity index (χ3v) is 6.89. The molecule has 1 aliphatic carbocycles. The smallest absolute Gasteiger partial charge is 0.223 e. The highest BCUT2D eigenvalue weighted by Crippen LogP contribution is 2.35. The summed E-state index contributed by atoms with van der Waals surface area (Å²) in [6.07, 6.45) is 5.36. The highest BCUT2D eigenvalue weighted by Gasteiger charge is 2.38. The normalized spacial score (nSPS) is 19.6. The van der Waals surface area contributed by atoms with E-state index in [-0.39, 0.29) is 5.92 Å². The van der Waals surface area contributed by atoms with Crippen LogP contribution in [0.4, 0.5) is 0 Å². The average Bonchev–Trinajstić information content (AvgIpc) is 3.49. The molecule has 1 aromatic heterocycles. The summed E-state index contributed by atoms with van der Waals surface area (Å²) in [6, 6.07) is 15.0. The molecule has 1 saturated heterocycles. The molecule has 2 aliphatic rings. The molecule has 0 spiro atoms. The Labute approximate surface area is 184 Å². The molecule has 1 atom stereocenters. The predicted octanol–water partition coefficient (Wildman–Crippen LogP) is 4.99. The van der Waals surface area contributed by atoms with Gasteiger partial charge < -0.3 is 14.2 Å². The number of ether oxygens (including phenoxy) is 1. The molecule has 0 N–H and O–H groups in total. The third kappa shape index (κ3) is 3.93. The van der Waals surface area contributed by atoms with Crippen LogP contribution in [0.5, 0.6) is 5.75 Å². The van der Waals surface area contributed by atoms with E-state index in [9.17, 15) is 4.79 Å². The Morgan fingerprint density at radius 3 is 2.74 bits per heavy atom. The van der Waals surface area contributed by atoms with E-state index in [0.29, 0.717) is 25.0 Å². The molecule has 3 aromatic rings. The van der Waals surface area contributed by atoms with Crippen molar-refractivity contribution in [1.82, 2.24) is 14.5 Å². The van der Waals surface area contributed by atoms with E-state index >= 15 is 0 Å². The summed E-state index contributed by atoms with van der Waals surface area (Å²) in [5.41, 5.74) is 4.46. The summed E-state index contributed by atoms with van der Waals surface area (Å²) in [4.78, 5) is 19.9. The van der Waals surface area contributed by atoms with Crippen LogP contribution >= 0.6 is 0 Å². The first-order valence-corrected chi connectivity index (χ1v) is 11.5. The van der Waals surface area contributed by atoms with Crippen LogP contribution < -0.4 is 4.74 Å². The second-order valence-electron chi connectivity index (χ2n) is 9.11. The number of imidazole rings is 1. The van der Waals surface area contributed by atoms with Crippen molar-refractivity contribution in [2.45, 2.75) is 64.5 Å². The lowest BCUT2D eigenvalue weighted by atomic mass is 10.1. The minimum Gasteiger partial charge on any atom is -0.491 e. The first kappa shape index (κ1) is 20.1. The van der Waals surface area contributed by atoms with E-state index in [2.05, 4.69) is 59.7 Å². The maximum Gasteiger partial charge on any atom is 0.223 e. The van der Waals surface area contributed by atoms with Gasteiger partial charge in [-0.2, -0.15) is 0 Å². The monoisotopic (exact) mass is 417 g/mol. The number of aromatic nitrogens is 2. The van der Waals surface area contributed by atoms with E-state index in [0.717, 1.165) is 54.1 Å². The zero-order valence-corrected chi connectivity index (χ0v) is 18.5. The highest BCUT2D eigenvalue weighted by atomic mass is 16.5. The van der Waals surface area contributed by atoms with Crippen molar-refractivity contribution >= 4 is 16.9 Å². The fraction of sp³-hybridized carbons (Fsp3) is 0.462. The highest BCUT2D eigenvalue weighted by molar-refractivity contribution is 5.81. The van der Waals surface area contributed by atoms with Gasteiger partial charge in [-0.3, -0.25) is 4.79 Å². The molecule has 0 radical (unpaired) electrons. The topological polar surface area (TPSA) is 47.4 Å². The molecule has 5 rings (SSSR count). The van der Waals surface area contributed by atoms with Gasteiger partial charge in [0.25, 0.3) is 0 Å². The van der Waals surface area contributed by atoms with E-state index in [1.165, 1.54) is 18.4 Å². The molecule has 31 heavy (non-hydrogen) atoms. The third-order valence-electron chi connectivity index (χ3n) is 6.89. The lowest BCUT2D eigenvalue weighted by Gasteiger charge is -2.24. The van der Waals surface area contributed by atoms with Crippen molar-refractivity contribution in [3.8, 4) is 5.75 Å². The van der Waals surface area contributed by atoms with Gasteiger partial charge >= 0.3 is 0 Å². The van der Waals surface area contributed by atoms with Crippen LogP contribution in [0.25, 0.3) is 11.0 Å². The maximum absolute atomic E-state index is 12.8. The Bertz CT molecular complexity index is 1100. The van der Waals surface area contributed by atoms with Gasteiger partial charge in [0.05, 0.1) is 17.6 Å². The van der Waals surface area contributed by atoms with Crippen LogP contribution in [-0.4, -0.2) is 39.6 Å². The fourth-order valence-corrected chi connectivity index (χ4v) is 5.22. The standard InChI is InChI=1S/C26H31N3O2/c1-18-11-12-19(2)24(15-18)31-14-13-28-23-10-6-5-9-22(23)27-26(28)20-16-25(30)29(17-20)21-7-3-4-8-21/h5-6,9-12,15,20-21H,3-4,7-8,13-14,16-17H2,1-2H3. The first-order valence-electron chi connectivity index (χ1n) is 11.5. The molecular weight excluding hydrogens is 386 g/mol. The minimum absolute atomic E-state index is 0.154. The number of benzene rings is 2. The minimum atomic E-state index is 0.154. The first-order chi connectivity index (χ1) is 15.1. The number of fused-ring (bicyclic) bond motifs is 1. The summed E-state index contributed by atoms with van der Waals surface area (Å²) in [5, 5.41) is 0. The number of para-hydroxylation sites is 2. The van der Waals surface area contributed by atoms with Crippen LogP contribution in [0, 0.1) is 13.8 Å². The van der Waals surface area contributed by atoms with Gasteiger partial charge in [-0.05, 0) is 56.0 Å². The summed E-state index contributed by atoms with van der Waals surface area (Å²) in [7, 11) is 0. The van der Waals surface area contributed by atoms with Gasteiger partial charge in [0.2, 0.25) is 5.91 Å². The molecule has 5 nitrogen and oxygen atoms in total. The van der Waals surface area contributed by atoms with Crippen LogP contribution in [0.1, 0.15) is 55.0 Å². The van der Waals surface area contributed by atoms with E-state index in [1.54, 1.807) is 0 Å². The van der Waals surface area contributed by atoms with Gasteiger partial charge in [-0.25, -0.2) is 4.98 Å². The van der Waals surface area contributed by atoms with Crippen molar-refractivity contribution in [3.05, 3.63) is 59.4 Å². The van der Waals surface area contributed by atoms with Gasteiger partial charge in [0.15, 0.2) is 0 Å². The molecular formula is C26H31N3O2.